The van der Waals surface area contributed by atoms with E-state index in [4.69, 9.17) is 14.6 Å². The molecule has 36 heavy (non-hydrogen) atoms. The van der Waals surface area contributed by atoms with Crippen molar-refractivity contribution in [3.63, 3.8) is 0 Å². The molecule has 1 saturated heterocycles. The van der Waals surface area contributed by atoms with Gasteiger partial charge in [-0.25, -0.2) is 9.37 Å². The molecule has 0 spiro atoms. The van der Waals surface area contributed by atoms with Gasteiger partial charge in [-0.15, -0.1) is 0 Å². The van der Waals surface area contributed by atoms with Gasteiger partial charge in [0.25, 0.3) is 0 Å². The maximum absolute atomic E-state index is 13.4. The number of carbonyl (C=O) groups is 1. The smallest absolute Gasteiger partial charge is 0.231 e. The number of amides is 1. The van der Waals surface area contributed by atoms with Crippen molar-refractivity contribution < 1.29 is 18.7 Å². The molecule has 2 aromatic heterocycles. The molecule has 0 aliphatic carbocycles. The van der Waals surface area contributed by atoms with Gasteiger partial charge in [-0.05, 0) is 61.7 Å². The van der Waals surface area contributed by atoms with Crippen LogP contribution >= 0.6 is 0 Å². The van der Waals surface area contributed by atoms with E-state index in [2.05, 4.69) is 15.2 Å². The summed E-state index contributed by atoms with van der Waals surface area (Å²) in [5.41, 5.74) is 4.20. The molecule has 184 valence electrons. The van der Waals surface area contributed by atoms with Gasteiger partial charge < -0.3 is 19.7 Å². The lowest BCUT2D eigenvalue weighted by molar-refractivity contribution is -0.125. The molecule has 0 atom stereocenters. The third-order valence-electron chi connectivity index (χ3n) is 6.77. The van der Waals surface area contributed by atoms with Gasteiger partial charge in [0.05, 0.1) is 5.69 Å². The van der Waals surface area contributed by atoms with E-state index in [1.807, 2.05) is 41.8 Å². The molecule has 2 aromatic carbocycles. The predicted octanol–water partition coefficient (Wildman–Crippen LogP) is 4.11. The Bertz CT molecular complexity index is 1430. The van der Waals surface area contributed by atoms with Crippen LogP contribution in [0.25, 0.3) is 16.9 Å². The van der Waals surface area contributed by atoms with Crippen LogP contribution in [0.15, 0.2) is 54.6 Å². The van der Waals surface area contributed by atoms with Crippen molar-refractivity contribution in [2.45, 2.75) is 26.3 Å². The molecule has 8 nitrogen and oxygen atoms in total. The Morgan fingerprint density at radius 2 is 1.83 bits per heavy atom. The average molecular weight is 488 g/mol. The van der Waals surface area contributed by atoms with E-state index >= 15 is 0 Å². The molecule has 9 heteroatoms. The zero-order valence-electron chi connectivity index (χ0n) is 19.9. The second kappa shape index (κ2) is 9.14. The van der Waals surface area contributed by atoms with Crippen molar-refractivity contribution in [3.8, 4) is 22.8 Å². The Kier molecular flexibility index (Phi) is 5.67. The number of benzene rings is 2. The van der Waals surface area contributed by atoms with E-state index < -0.39 is 0 Å². The number of rotatable bonds is 5. The van der Waals surface area contributed by atoms with Crippen molar-refractivity contribution in [3.05, 3.63) is 71.7 Å². The lowest BCUT2D eigenvalue weighted by Gasteiger charge is -2.33. The molecule has 0 bridgehead atoms. The second-order valence-electron chi connectivity index (χ2n) is 9.23. The van der Waals surface area contributed by atoms with Crippen LogP contribution in [-0.2, 0) is 11.3 Å². The first kappa shape index (κ1) is 22.3. The fraction of sp³-hybridized carbons (Fsp3) is 0.296. The molecular formula is C27H26FN5O3. The molecule has 0 saturated carbocycles. The van der Waals surface area contributed by atoms with Crippen LogP contribution < -0.4 is 19.7 Å². The maximum atomic E-state index is 13.4. The summed E-state index contributed by atoms with van der Waals surface area (Å²) in [6, 6.07) is 16.0. The van der Waals surface area contributed by atoms with E-state index in [1.54, 1.807) is 12.1 Å². The number of piperidine rings is 1. The highest BCUT2D eigenvalue weighted by Crippen LogP contribution is 2.32. The first-order valence-electron chi connectivity index (χ1n) is 12.1. The van der Waals surface area contributed by atoms with Gasteiger partial charge in [-0.3, -0.25) is 4.79 Å². The molecular weight excluding hydrogens is 461 g/mol. The fourth-order valence-corrected chi connectivity index (χ4v) is 4.82. The number of aromatic nitrogens is 3. The lowest BCUT2D eigenvalue weighted by atomic mass is 9.95. The Morgan fingerprint density at radius 1 is 1.06 bits per heavy atom. The number of hydrogen-bond donors (Lipinski definition) is 1. The summed E-state index contributed by atoms with van der Waals surface area (Å²) in [6.45, 7) is 4.14. The van der Waals surface area contributed by atoms with Gasteiger partial charge in [0.2, 0.25) is 12.7 Å². The van der Waals surface area contributed by atoms with Crippen molar-refractivity contribution in [1.29, 1.82) is 0 Å². The summed E-state index contributed by atoms with van der Waals surface area (Å²) < 4.78 is 26.0. The van der Waals surface area contributed by atoms with Gasteiger partial charge in [-0.2, -0.15) is 9.61 Å². The number of carbonyl (C=O) groups excluding carboxylic acids is 1. The number of nitrogens with one attached hydrogen (secondary N) is 1. The summed E-state index contributed by atoms with van der Waals surface area (Å²) >= 11 is 0. The largest absolute Gasteiger partial charge is 0.454 e. The van der Waals surface area contributed by atoms with Gasteiger partial charge in [-0.1, -0.05) is 6.07 Å². The summed E-state index contributed by atoms with van der Waals surface area (Å²) in [5.74, 6) is 2.15. The van der Waals surface area contributed by atoms with Gasteiger partial charge >= 0.3 is 0 Å². The van der Waals surface area contributed by atoms with Crippen LogP contribution in [-0.4, -0.2) is 40.4 Å². The van der Waals surface area contributed by atoms with E-state index in [1.165, 1.54) is 12.1 Å². The molecule has 4 heterocycles. The Hall–Kier alpha value is -4.14. The molecule has 1 fully saturated rings. The number of hydrogen-bond acceptors (Lipinski definition) is 6. The number of nitrogens with zero attached hydrogens (tertiary/aromatic N) is 4. The molecule has 6 rings (SSSR count). The van der Waals surface area contributed by atoms with Crippen LogP contribution in [0.4, 0.5) is 10.2 Å². The van der Waals surface area contributed by atoms with Crippen LogP contribution in [0.2, 0.25) is 0 Å². The Labute approximate surface area is 207 Å². The predicted molar refractivity (Wildman–Crippen MR) is 132 cm³/mol. The van der Waals surface area contributed by atoms with Gasteiger partial charge in [0.15, 0.2) is 17.1 Å². The highest BCUT2D eigenvalue weighted by molar-refractivity contribution is 5.79. The average Bonchev–Trinajstić information content (AvgIpc) is 3.54. The minimum Gasteiger partial charge on any atom is -0.454 e. The zero-order chi connectivity index (χ0) is 24.6. The van der Waals surface area contributed by atoms with Crippen molar-refractivity contribution in [2.24, 2.45) is 5.92 Å². The maximum Gasteiger partial charge on any atom is 0.231 e. The quantitative estimate of drug-likeness (QED) is 0.457. The highest BCUT2D eigenvalue weighted by atomic mass is 19.1. The third-order valence-corrected chi connectivity index (χ3v) is 6.77. The van der Waals surface area contributed by atoms with Crippen LogP contribution in [0.3, 0.4) is 0 Å². The highest BCUT2D eigenvalue weighted by Gasteiger charge is 2.27. The van der Waals surface area contributed by atoms with Crippen LogP contribution in [0, 0.1) is 18.7 Å². The van der Waals surface area contributed by atoms with Crippen LogP contribution in [0.5, 0.6) is 11.5 Å². The Balaban J connectivity index is 1.12. The van der Waals surface area contributed by atoms with E-state index in [9.17, 15) is 9.18 Å². The topological polar surface area (TPSA) is 81.0 Å². The number of fused-ring (bicyclic) bond motifs is 2. The summed E-state index contributed by atoms with van der Waals surface area (Å²) in [7, 11) is 0. The summed E-state index contributed by atoms with van der Waals surface area (Å²) in [6.07, 6.45) is 1.50. The van der Waals surface area contributed by atoms with E-state index in [0.29, 0.717) is 6.54 Å². The normalized spacial score (nSPS) is 15.4. The number of anilines is 1. The van der Waals surface area contributed by atoms with Crippen molar-refractivity contribution in [2.75, 3.05) is 24.8 Å². The number of ether oxygens (including phenoxy) is 2. The molecule has 1 amide bonds. The monoisotopic (exact) mass is 487 g/mol. The lowest BCUT2D eigenvalue weighted by Crippen LogP contribution is -2.41. The van der Waals surface area contributed by atoms with Gasteiger partial charge in [0, 0.05) is 48.9 Å². The summed E-state index contributed by atoms with van der Waals surface area (Å²) in [5, 5.41) is 7.83. The van der Waals surface area contributed by atoms with Crippen molar-refractivity contribution >= 4 is 17.4 Å². The first-order chi connectivity index (χ1) is 17.5. The van der Waals surface area contributed by atoms with E-state index in [-0.39, 0.29) is 24.4 Å². The molecule has 0 unspecified atom stereocenters. The molecule has 1 N–H and O–H groups in total. The number of halogens is 1. The third kappa shape index (κ3) is 4.32. The first-order valence-corrected chi connectivity index (χ1v) is 12.1. The van der Waals surface area contributed by atoms with Crippen LogP contribution in [0.1, 0.15) is 24.1 Å². The SMILES string of the molecule is Cc1cc(N2CCC(C(=O)NCc3ccc4c(c3)OCO4)CC2)n2nc(-c3ccc(F)cc3)cc2n1. The van der Waals surface area contributed by atoms with E-state index in [0.717, 1.165) is 71.4 Å². The minimum absolute atomic E-state index is 0.0407. The fourth-order valence-electron chi connectivity index (χ4n) is 4.82. The van der Waals surface area contributed by atoms with Crippen molar-refractivity contribution in [1.82, 2.24) is 19.9 Å². The minimum atomic E-state index is -0.278. The summed E-state index contributed by atoms with van der Waals surface area (Å²) in [4.78, 5) is 19.7. The second-order valence-corrected chi connectivity index (χ2v) is 9.23. The molecule has 4 aromatic rings. The molecule has 0 radical (unpaired) electrons. The zero-order valence-corrected chi connectivity index (χ0v) is 19.9. The number of aryl methyl sites for hydroxylation is 1. The Morgan fingerprint density at radius 3 is 2.64 bits per heavy atom. The molecule has 2 aliphatic heterocycles. The van der Waals surface area contributed by atoms with Gasteiger partial charge in [0.1, 0.15) is 11.6 Å². The standard InChI is InChI=1S/C27H26FN5O3/c1-17-12-26(33-25(30-17)14-22(31-33)19-3-5-21(28)6-4-19)32-10-8-20(9-11-32)27(34)29-15-18-2-7-23-24(13-18)36-16-35-23/h2-7,12-14,20H,8-11,15-16H2,1H3,(H,29,34). The molecule has 2 aliphatic rings.